The first kappa shape index (κ1) is 16.9. The van der Waals surface area contributed by atoms with Crippen molar-refractivity contribution in [2.24, 2.45) is 5.41 Å². The summed E-state index contributed by atoms with van der Waals surface area (Å²) < 4.78 is 0. The van der Waals surface area contributed by atoms with Crippen LogP contribution >= 0.6 is 0 Å². The van der Waals surface area contributed by atoms with Crippen LogP contribution in [0.25, 0.3) is 0 Å². The number of aromatic nitrogens is 2. The summed E-state index contributed by atoms with van der Waals surface area (Å²) >= 11 is 0. The molecule has 0 unspecified atom stereocenters. The fourth-order valence-electron chi connectivity index (χ4n) is 4.73. The zero-order chi connectivity index (χ0) is 16.3. The number of likely N-dealkylation sites (N-methyl/N-ethyl adjacent to an activating group) is 2. The molecule has 1 aromatic rings. The summed E-state index contributed by atoms with van der Waals surface area (Å²) in [6.45, 7) is 2.98. The van der Waals surface area contributed by atoms with E-state index in [1.807, 2.05) is 13.2 Å². The van der Waals surface area contributed by atoms with E-state index in [-0.39, 0.29) is 11.5 Å². The molecule has 1 spiro atoms. The second kappa shape index (κ2) is 7.32. The van der Waals surface area contributed by atoms with Crippen molar-refractivity contribution in [1.82, 2.24) is 20.4 Å². The van der Waals surface area contributed by atoms with E-state index in [0.29, 0.717) is 5.92 Å². The highest BCUT2D eigenvalue weighted by atomic mass is 16.3. The average molecular weight is 320 g/mol. The third kappa shape index (κ3) is 3.62. The second-order valence-electron chi connectivity index (χ2n) is 7.71. The molecular formula is C18H32N4O. The third-order valence-electron chi connectivity index (χ3n) is 6.09. The molecule has 1 aromatic heterocycles. The molecule has 2 saturated carbocycles. The van der Waals surface area contributed by atoms with Crippen LogP contribution in [-0.2, 0) is 6.54 Å². The van der Waals surface area contributed by atoms with E-state index in [0.717, 1.165) is 38.9 Å². The lowest BCUT2D eigenvalue weighted by atomic mass is 9.65. The Labute approximate surface area is 139 Å². The molecule has 1 heterocycles. The Bertz CT molecular complexity index is 495. The van der Waals surface area contributed by atoms with Crippen LogP contribution in [0.5, 0.6) is 0 Å². The number of rotatable bonds is 6. The number of aliphatic hydroxyl groups is 1. The van der Waals surface area contributed by atoms with Crippen LogP contribution in [0.4, 0.5) is 0 Å². The van der Waals surface area contributed by atoms with Crippen LogP contribution in [0.3, 0.4) is 0 Å². The summed E-state index contributed by atoms with van der Waals surface area (Å²) in [7, 11) is 4.16. The van der Waals surface area contributed by atoms with Crippen molar-refractivity contribution in [2.45, 2.75) is 63.5 Å². The Hall–Kier alpha value is -0.910. The minimum Gasteiger partial charge on any atom is -0.393 e. The lowest BCUT2D eigenvalue weighted by Crippen LogP contribution is -2.38. The third-order valence-corrected chi connectivity index (χ3v) is 6.09. The molecular weight excluding hydrogens is 288 g/mol. The van der Waals surface area contributed by atoms with E-state index in [4.69, 9.17) is 0 Å². The van der Waals surface area contributed by atoms with Gasteiger partial charge in [0, 0.05) is 36.8 Å². The van der Waals surface area contributed by atoms with Gasteiger partial charge in [-0.25, -0.2) is 0 Å². The highest BCUT2D eigenvalue weighted by Crippen LogP contribution is 2.53. The van der Waals surface area contributed by atoms with Gasteiger partial charge in [-0.15, -0.1) is 0 Å². The molecule has 23 heavy (non-hydrogen) atoms. The van der Waals surface area contributed by atoms with Crippen LogP contribution in [0.1, 0.15) is 62.1 Å². The molecule has 2 fully saturated rings. The Kier molecular flexibility index (Phi) is 5.39. The van der Waals surface area contributed by atoms with Crippen molar-refractivity contribution >= 4 is 0 Å². The molecule has 2 aliphatic rings. The number of aliphatic hydroxyl groups excluding tert-OH is 1. The van der Waals surface area contributed by atoms with Crippen molar-refractivity contribution in [2.75, 3.05) is 27.2 Å². The zero-order valence-corrected chi connectivity index (χ0v) is 14.6. The molecule has 2 atom stereocenters. The molecule has 130 valence electrons. The number of hydrogen-bond acceptors (Lipinski definition) is 4. The van der Waals surface area contributed by atoms with Crippen LogP contribution in [0.2, 0.25) is 0 Å². The lowest BCUT2D eigenvalue weighted by molar-refractivity contribution is -0.0156. The van der Waals surface area contributed by atoms with Gasteiger partial charge in [0.05, 0.1) is 12.3 Å². The first-order chi connectivity index (χ1) is 11.1. The van der Waals surface area contributed by atoms with Gasteiger partial charge in [-0.05, 0) is 51.6 Å². The molecule has 0 aliphatic heterocycles. The largest absolute Gasteiger partial charge is 0.393 e. The van der Waals surface area contributed by atoms with Crippen LogP contribution in [-0.4, -0.2) is 53.5 Å². The van der Waals surface area contributed by atoms with E-state index in [9.17, 15) is 5.11 Å². The summed E-state index contributed by atoms with van der Waals surface area (Å²) in [4.78, 5) is 2.34. The monoisotopic (exact) mass is 320 g/mol. The van der Waals surface area contributed by atoms with Crippen molar-refractivity contribution in [1.29, 1.82) is 0 Å². The van der Waals surface area contributed by atoms with Gasteiger partial charge in [0.25, 0.3) is 0 Å². The van der Waals surface area contributed by atoms with E-state index in [1.165, 1.54) is 36.9 Å². The molecule has 0 saturated heterocycles. The molecule has 0 radical (unpaired) electrons. The summed E-state index contributed by atoms with van der Waals surface area (Å²) in [6, 6.07) is 0. The SMILES string of the molecule is CNCCN(C)Cc1cn[nH]c1[C@@H]1CC[C@H](O)C2(CCCC2)C1. The minimum atomic E-state index is -0.0917. The van der Waals surface area contributed by atoms with Gasteiger partial charge in [-0.1, -0.05) is 12.8 Å². The zero-order valence-electron chi connectivity index (χ0n) is 14.6. The number of aromatic amines is 1. The predicted molar refractivity (Wildman–Crippen MR) is 92.3 cm³/mol. The van der Waals surface area contributed by atoms with Crippen LogP contribution in [0.15, 0.2) is 6.20 Å². The maximum atomic E-state index is 10.5. The predicted octanol–water partition coefficient (Wildman–Crippen LogP) is 2.25. The van der Waals surface area contributed by atoms with E-state index in [2.05, 4.69) is 27.5 Å². The van der Waals surface area contributed by atoms with Gasteiger partial charge >= 0.3 is 0 Å². The van der Waals surface area contributed by atoms with Crippen LogP contribution in [0, 0.1) is 5.41 Å². The van der Waals surface area contributed by atoms with Gasteiger partial charge in [0.1, 0.15) is 0 Å². The molecule has 0 bridgehead atoms. The number of H-pyrrole nitrogens is 1. The Morgan fingerprint density at radius 1 is 1.39 bits per heavy atom. The molecule has 5 heteroatoms. The summed E-state index contributed by atoms with van der Waals surface area (Å²) in [5.74, 6) is 0.534. The normalized spacial score (nSPS) is 27.1. The highest BCUT2D eigenvalue weighted by molar-refractivity contribution is 5.22. The number of hydrogen-bond donors (Lipinski definition) is 3. The average Bonchev–Trinajstić information content (AvgIpc) is 3.18. The van der Waals surface area contributed by atoms with Crippen LogP contribution < -0.4 is 5.32 Å². The van der Waals surface area contributed by atoms with Gasteiger partial charge in [0.15, 0.2) is 0 Å². The number of nitrogens with one attached hydrogen (secondary N) is 2. The maximum absolute atomic E-state index is 10.5. The molecule has 0 amide bonds. The maximum Gasteiger partial charge on any atom is 0.0596 e. The quantitative estimate of drug-likeness (QED) is 0.752. The smallest absolute Gasteiger partial charge is 0.0596 e. The van der Waals surface area contributed by atoms with Crippen molar-refractivity contribution in [3.63, 3.8) is 0 Å². The van der Waals surface area contributed by atoms with Gasteiger partial charge in [-0.3, -0.25) is 5.10 Å². The van der Waals surface area contributed by atoms with Gasteiger partial charge < -0.3 is 15.3 Å². The molecule has 0 aromatic carbocycles. The van der Waals surface area contributed by atoms with E-state index < -0.39 is 0 Å². The Morgan fingerprint density at radius 2 is 2.17 bits per heavy atom. The topological polar surface area (TPSA) is 64.2 Å². The summed E-state index contributed by atoms with van der Waals surface area (Å²) in [5, 5.41) is 21.4. The van der Waals surface area contributed by atoms with Gasteiger partial charge in [0.2, 0.25) is 0 Å². The molecule has 5 nitrogen and oxygen atoms in total. The first-order valence-electron chi connectivity index (χ1n) is 9.18. The van der Waals surface area contributed by atoms with E-state index in [1.54, 1.807) is 0 Å². The minimum absolute atomic E-state index is 0.0917. The Balaban J connectivity index is 1.69. The highest BCUT2D eigenvalue weighted by Gasteiger charge is 2.45. The lowest BCUT2D eigenvalue weighted by Gasteiger charge is -2.42. The van der Waals surface area contributed by atoms with E-state index >= 15 is 0 Å². The Morgan fingerprint density at radius 3 is 2.91 bits per heavy atom. The standard InChI is InChI=1S/C18H32N4O/c1-19-9-10-22(2)13-15-12-20-21-17(15)14-5-6-16(23)18(11-14)7-3-4-8-18/h12,14,16,19,23H,3-11,13H2,1-2H3,(H,20,21)/t14-,16+/m1/s1. The van der Waals surface area contributed by atoms with Gasteiger partial charge in [-0.2, -0.15) is 5.10 Å². The molecule has 2 aliphatic carbocycles. The first-order valence-corrected chi connectivity index (χ1v) is 9.18. The summed E-state index contributed by atoms with van der Waals surface area (Å²) in [5.41, 5.74) is 2.83. The fraction of sp³-hybridized carbons (Fsp3) is 0.833. The van der Waals surface area contributed by atoms with Crippen molar-refractivity contribution in [3.05, 3.63) is 17.5 Å². The molecule has 3 N–H and O–H groups in total. The van der Waals surface area contributed by atoms with Crippen molar-refractivity contribution in [3.8, 4) is 0 Å². The number of nitrogens with zero attached hydrogens (tertiary/aromatic N) is 2. The fourth-order valence-corrected chi connectivity index (χ4v) is 4.73. The molecule has 3 rings (SSSR count). The van der Waals surface area contributed by atoms with Crippen molar-refractivity contribution < 1.29 is 5.11 Å². The second-order valence-corrected chi connectivity index (χ2v) is 7.71. The summed E-state index contributed by atoms with van der Waals surface area (Å²) in [6.07, 6.45) is 10.0.